The van der Waals surface area contributed by atoms with E-state index >= 15 is 0 Å². The number of likely N-dealkylation sites (tertiary alicyclic amines) is 1. The number of aromatic nitrogens is 1. The van der Waals surface area contributed by atoms with Crippen molar-refractivity contribution < 1.29 is 36.8 Å². The summed E-state index contributed by atoms with van der Waals surface area (Å²) >= 11 is 1.58. The SMILES string of the molecule is Cc1ccc(S(=O)(=O)OCCOCCOCCN[C@H](C(=O)N2C[C@H](O)C[C@H]2C(=O)N[C@@H](C)c2ccc(-c3scnc3C)cc2)C(C)(C)C)cc1. The molecule has 0 radical (unpaired) electrons. The number of hydrogen-bond acceptors (Lipinski definition) is 11. The molecule has 2 amide bonds. The van der Waals surface area contributed by atoms with E-state index in [2.05, 4.69) is 15.6 Å². The summed E-state index contributed by atoms with van der Waals surface area (Å²) in [5.41, 5.74) is 5.26. The molecule has 1 fully saturated rings. The van der Waals surface area contributed by atoms with Gasteiger partial charge < -0.3 is 30.1 Å². The van der Waals surface area contributed by atoms with Gasteiger partial charge in [-0.15, -0.1) is 11.3 Å². The molecule has 0 aliphatic carbocycles. The summed E-state index contributed by atoms with van der Waals surface area (Å²) in [4.78, 5) is 34.4. The molecule has 0 saturated carbocycles. The second-order valence-electron chi connectivity index (χ2n) is 13.6. The van der Waals surface area contributed by atoms with E-state index in [-0.39, 0.29) is 62.1 Å². The number of nitrogens with one attached hydrogen (secondary N) is 2. The van der Waals surface area contributed by atoms with Crippen LogP contribution in [0.1, 0.15) is 57.0 Å². The van der Waals surface area contributed by atoms with Gasteiger partial charge in [0.2, 0.25) is 11.8 Å². The molecule has 274 valence electrons. The molecule has 14 heteroatoms. The quantitative estimate of drug-likeness (QED) is 0.137. The fourth-order valence-electron chi connectivity index (χ4n) is 5.70. The Balaban J connectivity index is 1.20. The summed E-state index contributed by atoms with van der Waals surface area (Å²) in [6.07, 6.45) is -0.638. The van der Waals surface area contributed by atoms with Crippen molar-refractivity contribution in [3.8, 4) is 10.4 Å². The fraction of sp³-hybridized carbons (Fsp3) is 0.528. The normalized spacial score (nSPS) is 17.9. The largest absolute Gasteiger partial charge is 0.391 e. The number of thiazole rings is 1. The van der Waals surface area contributed by atoms with Crippen LogP contribution in [0.3, 0.4) is 0 Å². The maximum absolute atomic E-state index is 13.9. The second kappa shape index (κ2) is 17.8. The van der Waals surface area contributed by atoms with Crippen molar-refractivity contribution in [3.05, 3.63) is 70.9 Å². The lowest BCUT2D eigenvalue weighted by molar-refractivity contribution is -0.142. The first kappa shape index (κ1) is 39.5. The number of amides is 2. The summed E-state index contributed by atoms with van der Waals surface area (Å²) < 4.78 is 40.6. The number of aryl methyl sites for hydroxylation is 2. The van der Waals surface area contributed by atoms with Gasteiger partial charge in [0.1, 0.15) is 6.04 Å². The molecule has 1 aliphatic rings. The third-order valence-electron chi connectivity index (χ3n) is 8.50. The molecule has 12 nitrogen and oxygen atoms in total. The molecule has 3 aromatic rings. The molecular weight excluding hydrogens is 681 g/mol. The molecule has 4 atom stereocenters. The highest BCUT2D eigenvalue weighted by Gasteiger charge is 2.44. The van der Waals surface area contributed by atoms with Crippen LogP contribution in [0.4, 0.5) is 0 Å². The third kappa shape index (κ3) is 10.9. The highest BCUT2D eigenvalue weighted by molar-refractivity contribution is 7.86. The Kier molecular flexibility index (Phi) is 14.1. The average Bonchev–Trinajstić information content (AvgIpc) is 3.68. The van der Waals surface area contributed by atoms with Gasteiger partial charge in [-0.2, -0.15) is 8.42 Å². The molecule has 2 heterocycles. The second-order valence-corrected chi connectivity index (χ2v) is 16.1. The fourth-order valence-corrected chi connectivity index (χ4v) is 7.41. The third-order valence-corrected chi connectivity index (χ3v) is 10.8. The van der Waals surface area contributed by atoms with E-state index in [1.807, 2.05) is 71.3 Å². The minimum absolute atomic E-state index is 0.0757. The topological polar surface area (TPSA) is 156 Å². The smallest absolute Gasteiger partial charge is 0.297 e. The van der Waals surface area contributed by atoms with E-state index in [0.717, 1.165) is 27.3 Å². The van der Waals surface area contributed by atoms with Gasteiger partial charge in [0, 0.05) is 19.5 Å². The molecule has 1 aliphatic heterocycles. The number of hydrogen-bond donors (Lipinski definition) is 3. The zero-order valence-corrected chi connectivity index (χ0v) is 31.3. The van der Waals surface area contributed by atoms with Gasteiger partial charge in [0.25, 0.3) is 10.1 Å². The maximum atomic E-state index is 13.9. The van der Waals surface area contributed by atoms with Crippen molar-refractivity contribution in [1.29, 1.82) is 0 Å². The number of rotatable bonds is 17. The number of benzene rings is 2. The number of aliphatic hydroxyl groups excluding tert-OH is 1. The van der Waals surface area contributed by atoms with E-state index in [9.17, 15) is 23.1 Å². The summed E-state index contributed by atoms with van der Waals surface area (Å²) in [7, 11) is -3.84. The van der Waals surface area contributed by atoms with Crippen LogP contribution in [0.5, 0.6) is 0 Å². The molecule has 0 spiro atoms. The lowest BCUT2D eigenvalue weighted by Gasteiger charge is -2.35. The van der Waals surface area contributed by atoms with E-state index < -0.39 is 33.7 Å². The van der Waals surface area contributed by atoms with E-state index in [1.54, 1.807) is 23.5 Å². The van der Waals surface area contributed by atoms with Crippen molar-refractivity contribution in [2.24, 2.45) is 5.41 Å². The molecular formula is C36H50N4O8S2. The Labute approximate surface area is 299 Å². The van der Waals surface area contributed by atoms with Crippen molar-refractivity contribution >= 4 is 33.3 Å². The van der Waals surface area contributed by atoms with Crippen molar-refractivity contribution in [2.75, 3.05) is 46.1 Å². The molecule has 0 unspecified atom stereocenters. The van der Waals surface area contributed by atoms with Gasteiger partial charge in [0.05, 0.1) is 72.2 Å². The van der Waals surface area contributed by atoms with Crippen LogP contribution in [0, 0.1) is 19.3 Å². The number of carbonyl (C=O) groups excluding carboxylic acids is 2. The maximum Gasteiger partial charge on any atom is 0.297 e. The molecule has 0 bridgehead atoms. The molecule has 3 N–H and O–H groups in total. The van der Waals surface area contributed by atoms with Crippen LogP contribution in [-0.4, -0.2) is 99.5 Å². The van der Waals surface area contributed by atoms with Gasteiger partial charge in [-0.05, 0) is 49.4 Å². The molecule has 50 heavy (non-hydrogen) atoms. The first-order valence-electron chi connectivity index (χ1n) is 16.8. The van der Waals surface area contributed by atoms with Gasteiger partial charge in [-0.3, -0.25) is 13.8 Å². The van der Waals surface area contributed by atoms with Crippen LogP contribution in [0.2, 0.25) is 0 Å². The molecule has 1 saturated heterocycles. The van der Waals surface area contributed by atoms with Crippen LogP contribution in [0.25, 0.3) is 10.4 Å². The van der Waals surface area contributed by atoms with Gasteiger partial charge in [0.15, 0.2) is 0 Å². The summed E-state index contributed by atoms with van der Waals surface area (Å²) in [5.74, 6) is -0.561. The molecule has 4 rings (SSSR count). The van der Waals surface area contributed by atoms with Gasteiger partial charge >= 0.3 is 0 Å². The number of ether oxygens (including phenoxy) is 2. The van der Waals surface area contributed by atoms with E-state index in [1.165, 1.54) is 17.0 Å². The Morgan fingerprint density at radius 3 is 2.26 bits per heavy atom. The van der Waals surface area contributed by atoms with Crippen LogP contribution in [0.15, 0.2) is 58.9 Å². The van der Waals surface area contributed by atoms with Crippen molar-refractivity contribution in [1.82, 2.24) is 20.5 Å². The highest BCUT2D eigenvalue weighted by Crippen LogP contribution is 2.29. The zero-order chi connectivity index (χ0) is 36.5. The number of aliphatic hydroxyl groups is 1. The average molecular weight is 731 g/mol. The summed E-state index contributed by atoms with van der Waals surface area (Å²) in [6.45, 7) is 12.8. The number of β-amino-alcohol motifs (C(OH)–C–C–N with tert-alkyl or cyclic N) is 1. The zero-order valence-electron chi connectivity index (χ0n) is 29.7. The van der Waals surface area contributed by atoms with Crippen LogP contribution < -0.4 is 10.6 Å². The van der Waals surface area contributed by atoms with E-state index in [0.29, 0.717) is 13.2 Å². The highest BCUT2D eigenvalue weighted by atomic mass is 32.2. The van der Waals surface area contributed by atoms with Gasteiger partial charge in [-0.25, -0.2) is 4.98 Å². The van der Waals surface area contributed by atoms with Crippen molar-refractivity contribution in [3.63, 3.8) is 0 Å². The minimum atomic E-state index is -3.84. The van der Waals surface area contributed by atoms with E-state index in [4.69, 9.17) is 13.7 Å². The monoisotopic (exact) mass is 730 g/mol. The minimum Gasteiger partial charge on any atom is -0.391 e. The van der Waals surface area contributed by atoms with Crippen molar-refractivity contribution in [2.45, 2.75) is 77.1 Å². The Morgan fingerprint density at radius 2 is 1.64 bits per heavy atom. The van der Waals surface area contributed by atoms with Gasteiger partial charge in [-0.1, -0.05) is 62.7 Å². The van der Waals surface area contributed by atoms with Crippen LogP contribution >= 0.6 is 11.3 Å². The molecule has 2 aromatic carbocycles. The Morgan fingerprint density at radius 1 is 1.00 bits per heavy atom. The first-order valence-corrected chi connectivity index (χ1v) is 19.1. The Bertz CT molecular complexity index is 1660. The Hall–Kier alpha value is -3.24. The van der Waals surface area contributed by atoms with Crippen LogP contribution in [-0.2, 0) is 33.4 Å². The summed E-state index contributed by atoms with van der Waals surface area (Å²) in [6, 6.07) is 12.7. The predicted molar refractivity (Wildman–Crippen MR) is 192 cm³/mol. The molecule has 1 aromatic heterocycles. The number of nitrogens with zero attached hydrogens (tertiary/aromatic N) is 2. The lowest BCUT2D eigenvalue weighted by Crippen LogP contribution is -2.57. The first-order chi connectivity index (χ1) is 23.7. The predicted octanol–water partition coefficient (Wildman–Crippen LogP) is 4.01. The lowest BCUT2D eigenvalue weighted by atomic mass is 9.85. The standard InChI is InChI=1S/C36H50N4O8S2/c1-24-7-13-30(14-8-24)50(44,45)48-20-19-47-18-17-46-16-15-37-33(36(4,5)6)35(43)40-22-29(41)21-31(40)34(42)39-25(2)27-9-11-28(12-10-27)32-26(3)38-23-49-32/h7-14,23,25,29,31,33,37,41H,15-22H2,1-6H3,(H,39,42)/t25-,29+,31-,33+/m0/s1. The number of carbonyl (C=O) groups is 2. The summed E-state index contributed by atoms with van der Waals surface area (Å²) in [5, 5.41) is 16.9.